The van der Waals surface area contributed by atoms with E-state index in [1.54, 1.807) is 0 Å². The molecule has 1 saturated carbocycles. The van der Waals surface area contributed by atoms with Gasteiger partial charge in [0.05, 0.1) is 5.92 Å². The molecule has 0 aromatic carbocycles. The van der Waals surface area contributed by atoms with Gasteiger partial charge in [-0.1, -0.05) is 12.8 Å². The molecule has 1 nitrogen and oxygen atoms in total. The second-order valence-electron chi connectivity index (χ2n) is 5.09. The Kier molecular flexibility index (Phi) is 4.64. The summed E-state index contributed by atoms with van der Waals surface area (Å²) in [5.41, 5.74) is 0. The first-order chi connectivity index (χ1) is 8.07. The van der Waals surface area contributed by atoms with Crippen molar-refractivity contribution in [2.45, 2.75) is 56.8 Å². The first-order valence-electron chi connectivity index (χ1n) is 6.48. The molecule has 1 heterocycles. The summed E-state index contributed by atoms with van der Waals surface area (Å²) in [6.45, 7) is 0. The summed E-state index contributed by atoms with van der Waals surface area (Å²) < 4.78 is 38.7. The van der Waals surface area contributed by atoms with E-state index in [1.807, 2.05) is 11.8 Å². The Bertz CT molecular complexity index is 238. The Hall–Kier alpha value is 0.100. The van der Waals surface area contributed by atoms with Gasteiger partial charge in [0.1, 0.15) is 0 Å². The van der Waals surface area contributed by atoms with Gasteiger partial charge in [-0.3, -0.25) is 0 Å². The molecule has 0 spiro atoms. The SMILES string of the molecule is FC(F)(F)C1CCCCC1NC1CCSCC1. The van der Waals surface area contributed by atoms with Gasteiger partial charge in [-0.2, -0.15) is 24.9 Å². The van der Waals surface area contributed by atoms with E-state index in [0.717, 1.165) is 37.2 Å². The molecule has 2 atom stereocenters. The second-order valence-corrected chi connectivity index (χ2v) is 6.32. The average Bonchev–Trinajstić information content (AvgIpc) is 2.30. The normalized spacial score (nSPS) is 32.6. The van der Waals surface area contributed by atoms with Crippen LogP contribution in [0.3, 0.4) is 0 Å². The summed E-state index contributed by atoms with van der Waals surface area (Å²) in [5, 5.41) is 3.28. The Balaban J connectivity index is 1.91. The van der Waals surface area contributed by atoms with E-state index >= 15 is 0 Å². The van der Waals surface area contributed by atoms with Crippen molar-refractivity contribution in [1.29, 1.82) is 0 Å². The molecular formula is C12H20F3NS. The van der Waals surface area contributed by atoms with Crippen molar-refractivity contribution >= 4 is 11.8 Å². The largest absolute Gasteiger partial charge is 0.393 e. The number of alkyl halides is 3. The van der Waals surface area contributed by atoms with E-state index in [4.69, 9.17) is 0 Å². The summed E-state index contributed by atoms with van der Waals surface area (Å²) in [7, 11) is 0. The maximum atomic E-state index is 12.9. The third kappa shape index (κ3) is 3.78. The third-order valence-corrected chi connectivity index (χ3v) is 4.91. The van der Waals surface area contributed by atoms with Crippen LogP contribution in [0.5, 0.6) is 0 Å². The van der Waals surface area contributed by atoms with E-state index in [-0.39, 0.29) is 6.04 Å². The summed E-state index contributed by atoms with van der Waals surface area (Å²) in [5.74, 6) is 1.05. The number of halogens is 3. The molecule has 2 unspecified atom stereocenters. The van der Waals surface area contributed by atoms with Gasteiger partial charge in [-0.25, -0.2) is 0 Å². The van der Waals surface area contributed by atoms with Crippen molar-refractivity contribution in [2.75, 3.05) is 11.5 Å². The zero-order valence-electron chi connectivity index (χ0n) is 9.93. The van der Waals surface area contributed by atoms with E-state index < -0.39 is 12.1 Å². The molecule has 2 rings (SSSR count). The number of hydrogen-bond acceptors (Lipinski definition) is 2. The van der Waals surface area contributed by atoms with Crippen LogP contribution in [-0.4, -0.2) is 29.8 Å². The number of nitrogens with one attached hydrogen (secondary N) is 1. The molecule has 0 radical (unpaired) electrons. The van der Waals surface area contributed by atoms with Gasteiger partial charge in [0.15, 0.2) is 0 Å². The molecule has 1 saturated heterocycles. The molecule has 0 amide bonds. The molecule has 1 aliphatic heterocycles. The lowest BCUT2D eigenvalue weighted by molar-refractivity contribution is -0.189. The highest BCUT2D eigenvalue weighted by Gasteiger charge is 2.45. The van der Waals surface area contributed by atoms with Crippen molar-refractivity contribution < 1.29 is 13.2 Å². The van der Waals surface area contributed by atoms with Crippen LogP contribution < -0.4 is 5.32 Å². The minimum Gasteiger partial charge on any atom is -0.311 e. The fraction of sp³-hybridized carbons (Fsp3) is 1.00. The fourth-order valence-corrected chi connectivity index (χ4v) is 4.00. The molecule has 0 aromatic rings. The molecule has 1 aliphatic carbocycles. The Morgan fingerprint density at radius 3 is 2.24 bits per heavy atom. The van der Waals surface area contributed by atoms with Gasteiger partial charge in [0.25, 0.3) is 0 Å². The highest BCUT2D eigenvalue weighted by atomic mass is 32.2. The molecular weight excluding hydrogens is 247 g/mol. The van der Waals surface area contributed by atoms with Gasteiger partial charge in [-0.05, 0) is 37.2 Å². The Labute approximate surface area is 105 Å². The summed E-state index contributed by atoms with van der Waals surface area (Å²) >= 11 is 1.90. The lowest BCUT2D eigenvalue weighted by Gasteiger charge is -2.37. The topological polar surface area (TPSA) is 12.0 Å². The fourth-order valence-electron chi connectivity index (χ4n) is 2.89. The molecule has 0 aromatic heterocycles. The minimum atomic E-state index is -4.03. The molecule has 17 heavy (non-hydrogen) atoms. The molecule has 0 bridgehead atoms. The maximum absolute atomic E-state index is 12.9. The lowest BCUT2D eigenvalue weighted by Crippen LogP contribution is -2.50. The quantitative estimate of drug-likeness (QED) is 0.820. The van der Waals surface area contributed by atoms with Crippen LogP contribution in [0.4, 0.5) is 13.2 Å². The van der Waals surface area contributed by atoms with E-state index in [1.165, 1.54) is 0 Å². The number of hydrogen-bond donors (Lipinski definition) is 1. The van der Waals surface area contributed by atoms with E-state index in [0.29, 0.717) is 18.9 Å². The van der Waals surface area contributed by atoms with Gasteiger partial charge in [-0.15, -0.1) is 0 Å². The first kappa shape index (κ1) is 13.5. The second kappa shape index (κ2) is 5.83. The first-order valence-corrected chi connectivity index (χ1v) is 7.63. The van der Waals surface area contributed by atoms with Crippen molar-refractivity contribution in [3.05, 3.63) is 0 Å². The van der Waals surface area contributed by atoms with Crippen molar-refractivity contribution in [3.8, 4) is 0 Å². The van der Waals surface area contributed by atoms with Crippen LogP contribution in [0, 0.1) is 5.92 Å². The molecule has 2 fully saturated rings. The van der Waals surface area contributed by atoms with Crippen LogP contribution in [0.1, 0.15) is 38.5 Å². The van der Waals surface area contributed by atoms with Crippen molar-refractivity contribution in [3.63, 3.8) is 0 Å². The van der Waals surface area contributed by atoms with Crippen LogP contribution >= 0.6 is 11.8 Å². The maximum Gasteiger partial charge on any atom is 0.393 e. The minimum absolute atomic E-state index is 0.308. The predicted molar refractivity (Wildman–Crippen MR) is 65.3 cm³/mol. The molecule has 5 heteroatoms. The van der Waals surface area contributed by atoms with E-state index in [9.17, 15) is 13.2 Å². The highest BCUT2D eigenvalue weighted by Crippen LogP contribution is 2.38. The smallest absolute Gasteiger partial charge is 0.311 e. The highest BCUT2D eigenvalue weighted by molar-refractivity contribution is 7.99. The monoisotopic (exact) mass is 267 g/mol. The van der Waals surface area contributed by atoms with Gasteiger partial charge in [0, 0.05) is 12.1 Å². The van der Waals surface area contributed by atoms with E-state index in [2.05, 4.69) is 5.32 Å². The molecule has 1 N–H and O–H groups in total. The number of rotatable bonds is 2. The zero-order chi connectivity index (χ0) is 12.3. The predicted octanol–water partition coefficient (Wildman–Crippen LogP) is 3.59. The zero-order valence-corrected chi connectivity index (χ0v) is 10.7. The van der Waals surface area contributed by atoms with Crippen LogP contribution in [0.15, 0.2) is 0 Å². The van der Waals surface area contributed by atoms with Crippen LogP contribution in [-0.2, 0) is 0 Å². The van der Waals surface area contributed by atoms with Crippen LogP contribution in [0.25, 0.3) is 0 Å². The Morgan fingerprint density at radius 2 is 1.59 bits per heavy atom. The third-order valence-electron chi connectivity index (χ3n) is 3.86. The summed E-state index contributed by atoms with van der Waals surface area (Å²) in [6, 6.07) is -0.0268. The number of thioether (sulfide) groups is 1. The van der Waals surface area contributed by atoms with Crippen molar-refractivity contribution in [2.24, 2.45) is 5.92 Å². The van der Waals surface area contributed by atoms with Gasteiger partial charge in [0.2, 0.25) is 0 Å². The van der Waals surface area contributed by atoms with Crippen LogP contribution in [0.2, 0.25) is 0 Å². The van der Waals surface area contributed by atoms with Gasteiger partial charge >= 0.3 is 6.18 Å². The lowest BCUT2D eigenvalue weighted by atomic mass is 9.83. The van der Waals surface area contributed by atoms with Gasteiger partial charge < -0.3 is 5.32 Å². The summed E-state index contributed by atoms with van der Waals surface area (Å²) in [6.07, 6.45) is 0.671. The molecule has 2 aliphatic rings. The Morgan fingerprint density at radius 1 is 0.941 bits per heavy atom. The average molecular weight is 267 g/mol. The van der Waals surface area contributed by atoms with Crippen molar-refractivity contribution in [1.82, 2.24) is 5.32 Å². The summed E-state index contributed by atoms with van der Waals surface area (Å²) in [4.78, 5) is 0. The standard InChI is InChI=1S/C12H20F3NS/c13-12(14,15)10-3-1-2-4-11(10)16-9-5-7-17-8-6-9/h9-11,16H,1-8H2. The molecule has 100 valence electrons.